The smallest absolute Gasteiger partial charge is 0.387 e. The van der Waals surface area contributed by atoms with Gasteiger partial charge in [-0.3, -0.25) is 4.99 Å². The Balaban J connectivity index is 0.00000729. The molecule has 0 amide bonds. The molecular weight excluding hydrogens is 481 g/mol. The fourth-order valence-electron chi connectivity index (χ4n) is 2.38. The molecule has 6 nitrogen and oxygen atoms in total. The minimum Gasteiger partial charge on any atom is -0.435 e. The van der Waals surface area contributed by atoms with E-state index in [-0.39, 0.29) is 36.3 Å². The van der Waals surface area contributed by atoms with Gasteiger partial charge in [0.15, 0.2) is 5.96 Å². The molecule has 0 fully saturated rings. The molecular formula is C19H33F2IN4O2. The molecule has 0 spiro atoms. The van der Waals surface area contributed by atoms with E-state index in [1.54, 1.807) is 12.1 Å². The van der Waals surface area contributed by atoms with Crippen molar-refractivity contribution in [3.63, 3.8) is 0 Å². The van der Waals surface area contributed by atoms with E-state index in [0.29, 0.717) is 24.1 Å². The third kappa shape index (κ3) is 10.4. The molecule has 28 heavy (non-hydrogen) atoms. The summed E-state index contributed by atoms with van der Waals surface area (Å²) in [5.74, 6) is 0.691. The Morgan fingerprint density at radius 2 is 1.86 bits per heavy atom. The molecule has 0 aromatic heterocycles. The Kier molecular flexibility index (Phi) is 14.1. The maximum Gasteiger partial charge on any atom is 0.387 e. The molecule has 0 heterocycles. The Bertz CT molecular complexity index is 561. The van der Waals surface area contributed by atoms with Gasteiger partial charge in [-0.1, -0.05) is 19.1 Å². The number of aliphatic hydroxyl groups is 1. The number of ether oxygens (including phenoxy) is 1. The molecule has 1 rings (SSSR count). The zero-order valence-corrected chi connectivity index (χ0v) is 19.3. The van der Waals surface area contributed by atoms with Crippen molar-refractivity contribution >= 4 is 29.9 Å². The quantitative estimate of drug-likeness (QED) is 0.241. The van der Waals surface area contributed by atoms with Crippen LogP contribution in [0.25, 0.3) is 0 Å². The number of aliphatic imine (C=N–C) groups is 1. The number of aliphatic hydroxyl groups excluding tert-OH is 1. The van der Waals surface area contributed by atoms with Crippen LogP contribution in [0.15, 0.2) is 29.3 Å². The van der Waals surface area contributed by atoms with E-state index in [9.17, 15) is 13.9 Å². The summed E-state index contributed by atoms with van der Waals surface area (Å²) in [6, 6.07) is 6.44. The second-order valence-electron chi connectivity index (χ2n) is 6.35. The zero-order valence-electron chi connectivity index (χ0n) is 17.0. The molecule has 0 aliphatic heterocycles. The molecule has 0 aliphatic rings. The number of hydrogen-bond acceptors (Lipinski definition) is 4. The standard InChI is InChI=1S/C19H32F2N4O2.HI/c1-5-14(3)25(4)12-11-23-19(22-6-2)24-13-17(26)15-7-9-16(10-8-15)27-18(20)21;/h7-10,14,17-18,26H,5-6,11-13H2,1-4H3,(H2,22,23,24);1H. The van der Waals surface area contributed by atoms with Crippen LogP contribution in [0.4, 0.5) is 8.78 Å². The number of nitrogens with one attached hydrogen (secondary N) is 2. The molecule has 0 aliphatic carbocycles. The summed E-state index contributed by atoms with van der Waals surface area (Å²) in [5, 5.41) is 16.7. The van der Waals surface area contributed by atoms with Crippen LogP contribution >= 0.6 is 24.0 Å². The molecule has 0 saturated carbocycles. The van der Waals surface area contributed by atoms with E-state index in [4.69, 9.17) is 0 Å². The summed E-state index contributed by atoms with van der Waals surface area (Å²) in [5.41, 5.74) is 0.590. The molecule has 162 valence electrons. The summed E-state index contributed by atoms with van der Waals surface area (Å²) in [4.78, 5) is 6.67. The van der Waals surface area contributed by atoms with Gasteiger partial charge in [0.05, 0.1) is 12.6 Å². The average molecular weight is 514 g/mol. The van der Waals surface area contributed by atoms with Gasteiger partial charge in [0.2, 0.25) is 0 Å². The first-order chi connectivity index (χ1) is 12.9. The third-order valence-corrected chi connectivity index (χ3v) is 4.36. The Morgan fingerprint density at radius 3 is 2.39 bits per heavy atom. The fourth-order valence-corrected chi connectivity index (χ4v) is 2.38. The van der Waals surface area contributed by atoms with Crippen LogP contribution in [-0.2, 0) is 0 Å². The first-order valence-corrected chi connectivity index (χ1v) is 9.32. The number of halogens is 3. The topological polar surface area (TPSA) is 69.1 Å². The van der Waals surface area contributed by atoms with E-state index in [0.717, 1.165) is 19.5 Å². The molecule has 2 atom stereocenters. The maximum atomic E-state index is 12.2. The average Bonchev–Trinajstić information content (AvgIpc) is 2.65. The summed E-state index contributed by atoms with van der Waals surface area (Å²) in [7, 11) is 2.09. The summed E-state index contributed by atoms with van der Waals surface area (Å²) < 4.78 is 28.6. The highest BCUT2D eigenvalue weighted by Gasteiger charge is 2.10. The molecule has 1 aromatic rings. The normalized spacial score (nSPS) is 13.8. The van der Waals surface area contributed by atoms with Crippen molar-refractivity contribution in [3.05, 3.63) is 29.8 Å². The van der Waals surface area contributed by atoms with Crippen LogP contribution in [-0.4, -0.2) is 61.8 Å². The highest BCUT2D eigenvalue weighted by Crippen LogP contribution is 2.19. The fraction of sp³-hybridized carbons (Fsp3) is 0.632. The van der Waals surface area contributed by atoms with Gasteiger partial charge in [-0.05, 0) is 45.0 Å². The van der Waals surface area contributed by atoms with Crippen LogP contribution < -0.4 is 15.4 Å². The van der Waals surface area contributed by atoms with Gasteiger partial charge in [-0.25, -0.2) is 0 Å². The summed E-state index contributed by atoms with van der Waals surface area (Å²) in [6.45, 7) is 5.95. The largest absolute Gasteiger partial charge is 0.435 e. The minimum absolute atomic E-state index is 0. The molecule has 2 unspecified atom stereocenters. The third-order valence-electron chi connectivity index (χ3n) is 4.36. The van der Waals surface area contributed by atoms with E-state index >= 15 is 0 Å². The lowest BCUT2D eigenvalue weighted by Crippen LogP contribution is -2.42. The molecule has 9 heteroatoms. The van der Waals surface area contributed by atoms with Crippen LogP contribution in [0.3, 0.4) is 0 Å². The SMILES string of the molecule is CCNC(=NCC(O)c1ccc(OC(F)F)cc1)NCCN(C)C(C)CC.I. The number of likely N-dealkylation sites (N-methyl/N-ethyl adjacent to an activating group) is 1. The molecule has 0 saturated heterocycles. The van der Waals surface area contributed by atoms with Gasteiger partial charge < -0.3 is 25.4 Å². The van der Waals surface area contributed by atoms with E-state index < -0.39 is 12.7 Å². The van der Waals surface area contributed by atoms with Crippen molar-refractivity contribution in [2.75, 3.05) is 33.2 Å². The zero-order chi connectivity index (χ0) is 20.2. The van der Waals surface area contributed by atoms with E-state index in [2.05, 4.69) is 46.2 Å². The van der Waals surface area contributed by atoms with Gasteiger partial charge in [0.25, 0.3) is 0 Å². The second kappa shape index (κ2) is 14.7. The highest BCUT2D eigenvalue weighted by molar-refractivity contribution is 14.0. The number of rotatable bonds is 11. The molecule has 3 N–H and O–H groups in total. The summed E-state index contributed by atoms with van der Waals surface area (Å²) in [6.07, 6.45) is 0.265. The van der Waals surface area contributed by atoms with Crippen molar-refractivity contribution < 1.29 is 18.6 Å². The number of nitrogens with zero attached hydrogens (tertiary/aromatic N) is 2. The molecule has 1 aromatic carbocycles. The van der Waals surface area contributed by atoms with Crippen molar-refractivity contribution in [2.24, 2.45) is 4.99 Å². The monoisotopic (exact) mass is 514 g/mol. The van der Waals surface area contributed by atoms with E-state index in [1.807, 2.05) is 6.92 Å². The predicted octanol–water partition coefficient (Wildman–Crippen LogP) is 3.22. The second-order valence-corrected chi connectivity index (χ2v) is 6.35. The first kappa shape index (κ1) is 26.8. The highest BCUT2D eigenvalue weighted by atomic mass is 127. The van der Waals surface area contributed by atoms with Crippen molar-refractivity contribution in [2.45, 2.75) is 45.9 Å². The summed E-state index contributed by atoms with van der Waals surface area (Å²) >= 11 is 0. The maximum absolute atomic E-state index is 12.2. The minimum atomic E-state index is -2.86. The van der Waals surface area contributed by atoms with Crippen molar-refractivity contribution in [1.29, 1.82) is 0 Å². The van der Waals surface area contributed by atoms with Crippen LogP contribution in [0, 0.1) is 0 Å². The van der Waals surface area contributed by atoms with Gasteiger partial charge in [-0.15, -0.1) is 24.0 Å². The lowest BCUT2D eigenvalue weighted by atomic mass is 10.1. The Morgan fingerprint density at radius 1 is 1.21 bits per heavy atom. The Hall–Kier alpha value is -1.20. The lowest BCUT2D eigenvalue weighted by molar-refractivity contribution is -0.0498. The van der Waals surface area contributed by atoms with E-state index in [1.165, 1.54) is 12.1 Å². The van der Waals surface area contributed by atoms with Gasteiger partial charge in [0, 0.05) is 25.7 Å². The number of benzene rings is 1. The van der Waals surface area contributed by atoms with Crippen molar-refractivity contribution in [1.82, 2.24) is 15.5 Å². The van der Waals surface area contributed by atoms with Gasteiger partial charge in [0.1, 0.15) is 5.75 Å². The number of guanidine groups is 1. The van der Waals surface area contributed by atoms with Crippen LogP contribution in [0.5, 0.6) is 5.75 Å². The van der Waals surface area contributed by atoms with Crippen molar-refractivity contribution in [3.8, 4) is 5.75 Å². The van der Waals surface area contributed by atoms with Crippen LogP contribution in [0.2, 0.25) is 0 Å². The first-order valence-electron chi connectivity index (χ1n) is 9.32. The molecule has 0 radical (unpaired) electrons. The van der Waals surface area contributed by atoms with Crippen LogP contribution in [0.1, 0.15) is 38.9 Å². The number of alkyl halides is 2. The number of hydrogen-bond donors (Lipinski definition) is 3. The lowest BCUT2D eigenvalue weighted by Gasteiger charge is -2.24. The van der Waals surface area contributed by atoms with Gasteiger partial charge in [-0.2, -0.15) is 8.78 Å². The molecule has 0 bridgehead atoms. The predicted molar refractivity (Wildman–Crippen MR) is 120 cm³/mol. The Labute approximate surface area is 183 Å². The van der Waals surface area contributed by atoms with Gasteiger partial charge >= 0.3 is 6.61 Å².